The molecule has 0 saturated heterocycles. The van der Waals surface area contributed by atoms with Gasteiger partial charge in [-0.3, -0.25) is 0 Å². The van der Waals surface area contributed by atoms with Crippen LogP contribution in [0.4, 0.5) is 0 Å². The topological polar surface area (TPSA) is 48.4 Å². The van der Waals surface area contributed by atoms with E-state index in [2.05, 4.69) is 0 Å². The second-order valence-corrected chi connectivity index (χ2v) is 4.18. The molecule has 0 unspecified atom stereocenters. The molecule has 2 aromatic rings. The largest absolute Gasteiger partial charge is 0.489 e. The Bertz CT molecular complexity index is 508. The van der Waals surface area contributed by atoms with Gasteiger partial charge in [0.05, 0.1) is 6.54 Å². The molecule has 0 fully saturated rings. The van der Waals surface area contributed by atoms with E-state index in [0.29, 0.717) is 18.2 Å². The summed E-state index contributed by atoms with van der Waals surface area (Å²) in [6.07, 6.45) is 0. The average molecular weight is 252 g/mol. The van der Waals surface area contributed by atoms with Crippen molar-refractivity contribution in [1.29, 1.82) is 0 Å². The van der Waals surface area contributed by atoms with Crippen molar-refractivity contribution in [2.24, 2.45) is 5.73 Å². The van der Waals surface area contributed by atoms with Crippen molar-refractivity contribution in [3.8, 4) is 5.75 Å². The molecule has 2 N–H and O–H groups in total. The van der Waals surface area contributed by atoms with Crippen molar-refractivity contribution in [3.05, 3.63) is 52.4 Å². The van der Waals surface area contributed by atoms with E-state index >= 15 is 0 Å². The average Bonchev–Trinajstić information content (AvgIpc) is 2.68. The third kappa shape index (κ3) is 3.02. The normalized spacial score (nSPS) is 10.5. The highest BCUT2D eigenvalue weighted by molar-refractivity contribution is 6.30. The predicted molar refractivity (Wildman–Crippen MR) is 67.1 cm³/mol. The second-order valence-electron chi connectivity index (χ2n) is 3.74. The Hall–Kier alpha value is -1.45. The quantitative estimate of drug-likeness (QED) is 0.907. The standard InChI is InChI=1S/C13H14ClNO2/c1-9-10(5-13(7-15)17-9)8-16-12-4-2-3-11(14)6-12/h2-6H,7-8,15H2,1H3. The maximum Gasteiger partial charge on any atom is 0.121 e. The first-order chi connectivity index (χ1) is 8.19. The lowest BCUT2D eigenvalue weighted by atomic mass is 10.2. The molecule has 17 heavy (non-hydrogen) atoms. The van der Waals surface area contributed by atoms with Gasteiger partial charge in [-0.15, -0.1) is 0 Å². The van der Waals surface area contributed by atoms with Crippen LogP contribution < -0.4 is 10.5 Å². The summed E-state index contributed by atoms with van der Waals surface area (Å²) in [4.78, 5) is 0. The van der Waals surface area contributed by atoms with Gasteiger partial charge in [0.15, 0.2) is 0 Å². The van der Waals surface area contributed by atoms with Crippen molar-refractivity contribution in [3.63, 3.8) is 0 Å². The number of aryl methyl sites for hydroxylation is 1. The molecule has 0 aliphatic heterocycles. The predicted octanol–water partition coefficient (Wildman–Crippen LogP) is 3.28. The van der Waals surface area contributed by atoms with Crippen LogP contribution in [0.15, 0.2) is 34.7 Å². The zero-order valence-electron chi connectivity index (χ0n) is 9.57. The van der Waals surface area contributed by atoms with E-state index < -0.39 is 0 Å². The fourth-order valence-corrected chi connectivity index (χ4v) is 1.73. The van der Waals surface area contributed by atoms with Gasteiger partial charge in [-0.25, -0.2) is 0 Å². The molecule has 2 rings (SSSR count). The van der Waals surface area contributed by atoms with Crippen LogP contribution in [0.2, 0.25) is 5.02 Å². The molecule has 90 valence electrons. The summed E-state index contributed by atoms with van der Waals surface area (Å²) in [7, 11) is 0. The first kappa shape index (κ1) is 12.0. The van der Waals surface area contributed by atoms with Crippen LogP contribution in [-0.2, 0) is 13.2 Å². The number of rotatable bonds is 4. The maximum absolute atomic E-state index is 5.87. The van der Waals surface area contributed by atoms with E-state index in [4.69, 9.17) is 26.5 Å². The first-order valence-electron chi connectivity index (χ1n) is 5.35. The molecule has 4 heteroatoms. The first-order valence-corrected chi connectivity index (χ1v) is 5.73. The fourth-order valence-electron chi connectivity index (χ4n) is 1.55. The minimum absolute atomic E-state index is 0.401. The molecule has 1 aromatic heterocycles. The Balaban J connectivity index is 2.04. The van der Waals surface area contributed by atoms with Gasteiger partial charge in [0.1, 0.15) is 23.9 Å². The van der Waals surface area contributed by atoms with E-state index in [-0.39, 0.29) is 0 Å². The molecule has 0 amide bonds. The summed E-state index contributed by atoms with van der Waals surface area (Å²) < 4.78 is 11.1. The summed E-state index contributed by atoms with van der Waals surface area (Å²) in [5, 5.41) is 0.661. The third-order valence-corrected chi connectivity index (χ3v) is 2.70. The van der Waals surface area contributed by atoms with E-state index in [0.717, 1.165) is 22.8 Å². The summed E-state index contributed by atoms with van der Waals surface area (Å²) in [5.74, 6) is 2.35. The molecule has 0 aliphatic rings. The SMILES string of the molecule is Cc1oc(CN)cc1COc1cccc(Cl)c1. The fraction of sp³-hybridized carbons (Fsp3) is 0.231. The minimum Gasteiger partial charge on any atom is -0.489 e. The van der Waals surface area contributed by atoms with Crippen molar-refractivity contribution in [1.82, 2.24) is 0 Å². The maximum atomic E-state index is 5.87. The number of benzene rings is 1. The summed E-state index contributed by atoms with van der Waals surface area (Å²) in [6, 6.07) is 9.22. The van der Waals surface area contributed by atoms with Crippen LogP contribution in [0.25, 0.3) is 0 Å². The van der Waals surface area contributed by atoms with Gasteiger partial charge < -0.3 is 14.9 Å². The highest BCUT2D eigenvalue weighted by Crippen LogP contribution is 2.20. The molecule has 0 radical (unpaired) electrons. The van der Waals surface area contributed by atoms with Gasteiger partial charge in [0.2, 0.25) is 0 Å². The van der Waals surface area contributed by atoms with Crippen LogP contribution in [-0.4, -0.2) is 0 Å². The van der Waals surface area contributed by atoms with E-state index in [9.17, 15) is 0 Å². The van der Waals surface area contributed by atoms with Gasteiger partial charge in [-0.05, 0) is 31.2 Å². The number of halogens is 1. The number of hydrogen-bond donors (Lipinski definition) is 1. The summed E-state index contributed by atoms with van der Waals surface area (Å²) >= 11 is 5.87. The van der Waals surface area contributed by atoms with Gasteiger partial charge >= 0.3 is 0 Å². The highest BCUT2D eigenvalue weighted by atomic mass is 35.5. The monoisotopic (exact) mass is 251 g/mol. The van der Waals surface area contributed by atoms with Crippen molar-refractivity contribution in [2.75, 3.05) is 0 Å². The van der Waals surface area contributed by atoms with E-state index in [1.54, 1.807) is 6.07 Å². The Morgan fingerprint density at radius 3 is 2.82 bits per heavy atom. The van der Waals surface area contributed by atoms with Crippen molar-refractivity contribution >= 4 is 11.6 Å². The zero-order valence-corrected chi connectivity index (χ0v) is 10.3. The Morgan fingerprint density at radius 2 is 2.18 bits per heavy atom. The van der Waals surface area contributed by atoms with Crippen LogP contribution >= 0.6 is 11.6 Å². The molecule has 0 bridgehead atoms. The number of nitrogens with two attached hydrogens (primary N) is 1. The van der Waals surface area contributed by atoms with Crippen LogP contribution in [0, 0.1) is 6.92 Å². The lowest BCUT2D eigenvalue weighted by Crippen LogP contribution is -1.96. The van der Waals surface area contributed by atoms with Crippen LogP contribution in [0.1, 0.15) is 17.1 Å². The number of furan rings is 1. The molecule has 0 aliphatic carbocycles. The van der Waals surface area contributed by atoms with Gasteiger partial charge in [-0.2, -0.15) is 0 Å². The Labute approximate surface area is 105 Å². The third-order valence-electron chi connectivity index (χ3n) is 2.46. The lowest BCUT2D eigenvalue weighted by Gasteiger charge is -2.05. The van der Waals surface area contributed by atoms with E-state index in [1.807, 2.05) is 31.2 Å². The molecule has 0 spiro atoms. The Kier molecular flexibility index (Phi) is 3.71. The number of hydrogen-bond acceptors (Lipinski definition) is 3. The van der Waals surface area contributed by atoms with Crippen molar-refractivity contribution in [2.45, 2.75) is 20.1 Å². The molecule has 1 heterocycles. The van der Waals surface area contributed by atoms with Gasteiger partial charge in [0, 0.05) is 10.6 Å². The Morgan fingerprint density at radius 1 is 1.35 bits per heavy atom. The minimum atomic E-state index is 0.401. The summed E-state index contributed by atoms with van der Waals surface area (Å²) in [5.41, 5.74) is 6.51. The molecule has 1 aromatic carbocycles. The molecule has 3 nitrogen and oxygen atoms in total. The molecular weight excluding hydrogens is 238 g/mol. The molecule has 0 atom stereocenters. The zero-order chi connectivity index (χ0) is 12.3. The summed E-state index contributed by atoms with van der Waals surface area (Å²) in [6.45, 7) is 2.75. The van der Waals surface area contributed by atoms with Gasteiger partial charge in [0.25, 0.3) is 0 Å². The molecular formula is C13H14ClNO2. The smallest absolute Gasteiger partial charge is 0.121 e. The lowest BCUT2D eigenvalue weighted by molar-refractivity contribution is 0.303. The van der Waals surface area contributed by atoms with Crippen LogP contribution in [0.5, 0.6) is 5.75 Å². The highest BCUT2D eigenvalue weighted by Gasteiger charge is 2.07. The van der Waals surface area contributed by atoms with Crippen molar-refractivity contribution < 1.29 is 9.15 Å². The second kappa shape index (κ2) is 5.25. The molecule has 0 saturated carbocycles. The van der Waals surface area contributed by atoms with Gasteiger partial charge in [-0.1, -0.05) is 17.7 Å². The number of ether oxygens (including phenoxy) is 1. The van der Waals surface area contributed by atoms with E-state index in [1.165, 1.54) is 0 Å². The van der Waals surface area contributed by atoms with Crippen LogP contribution in [0.3, 0.4) is 0 Å².